The van der Waals surface area contributed by atoms with E-state index in [2.05, 4.69) is 10.5 Å². The highest BCUT2D eigenvalue weighted by Gasteiger charge is 2.24. The van der Waals surface area contributed by atoms with Crippen molar-refractivity contribution in [3.8, 4) is 0 Å². The molecule has 1 aromatic carbocycles. The average Bonchev–Trinajstić information content (AvgIpc) is 3.06. The first-order chi connectivity index (χ1) is 9.76. The van der Waals surface area contributed by atoms with Crippen molar-refractivity contribution < 1.29 is 4.42 Å². The fraction of sp³-hybridized carbons (Fsp3) is 0.214. The number of nitrogens with zero attached hydrogens (tertiary/aromatic N) is 2. The van der Waals surface area contributed by atoms with E-state index in [1.807, 2.05) is 35.9 Å². The molecule has 0 spiro atoms. The molecule has 0 fully saturated rings. The summed E-state index contributed by atoms with van der Waals surface area (Å²) in [5.41, 5.74) is 5.41. The first-order valence-electron chi connectivity index (χ1n) is 6.39. The van der Waals surface area contributed by atoms with Gasteiger partial charge in [-0.2, -0.15) is 5.10 Å². The molecule has 6 heteroatoms. The van der Waals surface area contributed by atoms with Crippen LogP contribution in [0.4, 0.5) is 0 Å². The Balaban J connectivity index is 2.16. The van der Waals surface area contributed by atoms with Crippen molar-refractivity contribution in [2.45, 2.75) is 19.5 Å². The number of rotatable bonds is 4. The van der Waals surface area contributed by atoms with Crippen molar-refractivity contribution >= 4 is 22.6 Å². The largest absolute Gasteiger partial charge is 0.464 e. The number of hydrogen-bond acceptors (Lipinski definition) is 4. The maximum Gasteiger partial charge on any atom is 0.134 e. The van der Waals surface area contributed by atoms with Gasteiger partial charge in [-0.3, -0.25) is 10.5 Å². The van der Waals surface area contributed by atoms with Gasteiger partial charge in [0.2, 0.25) is 0 Å². The highest BCUT2D eigenvalue weighted by molar-refractivity contribution is 6.31. The molecule has 0 radical (unpaired) electrons. The van der Waals surface area contributed by atoms with Gasteiger partial charge in [0.1, 0.15) is 5.58 Å². The number of benzene rings is 1. The van der Waals surface area contributed by atoms with E-state index in [0.29, 0.717) is 5.02 Å². The molecule has 3 aromatic rings. The van der Waals surface area contributed by atoms with Gasteiger partial charge >= 0.3 is 0 Å². The first-order valence-corrected chi connectivity index (χ1v) is 6.77. The third-order valence-corrected chi connectivity index (χ3v) is 3.69. The number of halogens is 1. The normalized spacial score (nSPS) is 12.9. The summed E-state index contributed by atoms with van der Waals surface area (Å²) < 4.78 is 7.40. The molecule has 0 amide bonds. The molecule has 0 saturated heterocycles. The zero-order valence-electron chi connectivity index (χ0n) is 11.0. The predicted octanol–water partition coefficient (Wildman–Crippen LogP) is 2.86. The van der Waals surface area contributed by atoms with Gasteiger partial charge < -0.3 is 4.42 Å². The minimum absolute atomic E-state index is 0.270. The van der Waals surface area contributed by atoms with Gasteiger partial charge in [0.25, 0.3) is 0 Å². The molecule has 2 heterocycles. The summed E-state index contributed by atoms with van der Waals surface area (Å²) in [6.45, 7) is 2.73. The van der Waals surface area contributed by atoms with Crippen molar-refractivity contribution in [1.29, 1.82) is 0 Å². The van der Waals surface area contributed by atoms with Crippen molar-refractivity contribution in [2.24, 2.45) is 5.84 Å². The summed E-state index contributed by atoms with van der Waals surface area (Å²) in [4.78, 5) is 0. The monoisotopic (exact) mass is 290 g/mol. The summed E-state index contributed by atoms with van der Waals surface area (Å²) in [6, 6.07) is 7.55. The van der Waals surface area contributed by atoms with E-state index in [1.54, 1.807) is 12.5 Å². The van der Waals surface area contributed by atoms with Gasteiger partial charge in [0, 0.05) is 17.5 Å². The summed E-state index contributed by atoms with van der Waals surface area (Å²) in [6.07, 6.45) is 3.34. The smallest absolute Gasteiger partial charge is 0.134 e. The van der Waals surface area contributed by atoms with Crippen LogP contribution in [0.5, 0.6) is 0 Å². The average molecular weight is 291 g/mol. The quantitative estimate of drug-likeness (QED) is 0.573. The molecule has 2 aromatic heterocycles. The Morgan fingerprint density at radius 1 is 1.45 bits per heavy atom. The van der Waals surface area contributed by atoms with E-state index in [9.17, 15) is 0 Å². The number of hydrazine groups is 1. The lowest BCUT2D eigenvalue weighted by atomic mass is 10.0. The number of hydrogen-bond donors (Lipinski definition) is 2. The van der Waals surface area contributed by atoms with E-state index >= 15 is 0 Å². The summed E-state index contributed by atoms with van der Waals surface area (Å²) in [5, 5.41) is 5.84. The molecule has 0 aliphatic heterocycles. The number of para-hydroxylation sites is 1. The second-order valence-electron chi connectivity index (χ2n) is 4.48. The van der Waals surface area contributed by atoms with E-state index < -0.39 is 0 Å². The summed E-state index contributed by atoms with van der Waals surface area (Å²) in [5.74, 6) is 5.75. The van der Waals surface area contributed by atoms with Crippen LogP contribution in [0.25, 0.3) is 11.0 Å². The SMILES string of the molecule is CCn1ncc(Cl)c1C(NN)c1coc2ccccc12. The van der Waals surface area contributed by atoms with E-state index in [-0.39, 0.29) is 6.04 Å². The predicted molar refractivity (Wildman–Crippen MR) is 78.3 cm³/mol. The van der Waals surface area contributed by atoms with Gasteiger partial charge in [-0.25, -0.2) is 5.43 Å². The third-order valence-electron chi connectivity index (χ3n) is 3.39. The lowest BCUT2D eigenvalue weighted by Crippen LogP contribution is -2.30. The van der Waals surface area contributed by atoms with Gasteiger partial charge in [0.05, 0.1) is 29.2 Å². The number of aromatic nitrogens is 2. The Bertz CT molecular complexity index is 734. The molecule has 104 valence electrons. The Morgan fingerprint density at radius 2 is 2.25 bits per heavy atom. The molecule has 0 aliphatic carbocycles. The number of furan rings is 1. The van der Waals surface area contributed by atoms with Crippen LogP contribution >= 0.6 is 11.6 Å². The van der Waals surface area contributed by atoms with Gasteiger partial charge in [0.15, 0.2) is 0 Å². The molecule has 3 rings (SSSR count). The molecule has 20 heavy (non-hydrogen) atoms. The Hall–Kier alpha value is -1.82. The highest BCUT2D eigenvalue weighted by atomic mass is 35.5. The van der Waals surface area contributed by atoms with E-state index in [0.717, 1.165) is 28.8 Å². The lowest BCUT2D eigenvalue weighted by Gasteiger charge is -2.17. The number of nitrogens with one attached hydrogen (secondary N) is 1. The summed E-state index contributed by atoms with van der Waals surface area (Å²) in [7, 11) is 0. The van der Waals surface area contributed by atoms with Crippen LogP contribution < -0.4 is 11.3 Å². The molecule has 0 aliphatic rings. The molecule has 0 bridgehead atoms. The number of aryl methyl sites for hydroxylation is 1. The minimum atomic E-state index is -0.270. The second-order valence-corrected chi connectivity index (χ2v) is 4.89. The fourth-order valence-electron chi connectivity index (χ4n) is 2.45. The van der Waals surface area contributed by atoms with Crippen LogP contribution in [0.3, 0.4) is 0 Å². The van der Waals surface area contributed by atoms with Crippen molar-refractivity contribution in [1.82, 2.24) is 15.2 Å². The second kappa shape index (κ2) is 5.28. The first kappa shape index (κ1) is 13.2. The van der Waals surface area contributed by atoms with Crippen LogP contribution in [0.1, 0.15) is 24.2 Å². The van der Waals surface area contributed by atoms with Crippen LogP contribution in [-0.2, 0) is 6.54 Å². The molecule has 3 N–H and O–H groups in total. The molecule has 1 atom stereocenters. The molecule has 1 unspecified atom stereocenters. The van der Waals surface area contributed by atoms with Crippen molar-refractivity contribution in [3.63, 3.8) is 0 Å². The third kappa shape index (κ3) is 2.00. The zero-order valence-corrected chi connectivity index (χ0v) is 11.8. The number of nitrogens with two attached hydrogens (primary N) is 1. The molecule has 0 saturated carbocycles. The Morgan fingerprint density at radius 3 is 3.00 bits per heavy atom. The minimum Gasteiger partial charge on any atom is -0.464 e. The van der Waals surface area contributed by atoms with Crippen molar-refractivity contribution in [2.75, 3.05) is 0 Å². The van der Waals surface area contributed by atoms with Crippen LogP contribution in [-0.4, -0.2) is 9.78 Å². The van der Waals surface area contributed by atoms with Crippen molar-refractivity contribution in [3.05, 3.63) is 53.0 Å². The van der Waals surface area contributed by atoms with Crippen LogP contribution in [0.2, 0.25) is 5.02 Å². The lowest BCUT2D eigenvalue weighted by molar-refractivity contribution is 0.535. The topological polar surface area (TPSA) is 69.0 Å². The number of fused-ring (bicyclic) bond motifs is 1. The van der Waals surface area contributed by atoms with Gasteiger partial charge in [-0.15, -0.1) is 0 Å². The van der Waals surface area contributed by atoms with E-state index in [4.69, 9.17) is 21.9 Å². The van der Waals surface area contributed by atoms with Gasteiger partial charge in [-0.05, 0) is 13.0 Å². The van der Waals surface area contributed by atoms with Crippen LogP contribution in [0, 0.1) is 0 Å². The maximum absolute atomic E-state index is 6.26. The van der Waals surface area contributed by atoms with Gasteiger partial charge in [-0.1, -0.05) is 29.8 Å². The zero-order chi connectivity index (χ0) is 14.1. The van der Waals surface area contributed by atoms with Crippen LogP contribution in [0.15, 0.2) is 41.1 Å². The maximum atomic E-state index is 6.26. The Labute approximate surface area is 121 Å². The fourth-order valence-corrected chi connectivity index (χ4v) is 2.70. The summed E-state index contributed by atoms with van der Waals surface area (Å²) >= 11 is 6.26. The highest BCUT2D eigenvalue weighted by Crippen LogP contribution is 2.33. The van der Waals surface area contributed by atoms with E-state index in [1.165, 1.54) is 0 Å². The Kier molecular flexibility index (Phi) is 3.48. The molecule has 5 nitrogen and oxygen atoms in total. The molecular weight excluding hydrogens is 276 g/mol. The molecular formula is C14H15ClN4O. The standard InChI is InChI=1S/C14H15ClN4O/c1-2-19-14(11(15)7-17-19)13(18-16)10-8-20-12-6-4-3-5-9(10)12/h3-8,13,18H,2,16H2,1H3.